The lowest BCUT2D eigenvalue weighted by Crippen LogP contribution is -2.42. The Balaban J connectivity index is 2.69. The Morgan fingerprint density at radius 3 is 2.56 bits per heavy atom. The SMILES string of the molecule is COc1cccc(/C=C/C(=O)OCC(=O)NNC(C)=O)c1OC(F)F. The fourth-order valence-electron chi connectivity index (χ4n) is 1.58. The molecule has 0 fully saturated rings. The number of hydrogen-bond acceptors (Lipinski definition) is 6. The van der Waals surface area contributed by atoms with Crippen molar-refractivity contribution in [2.24, 2.45) is 0 Å². The van der Waals surface area contributed by atoms with Gasteiger partial charge < -0.3 is 14.2 Å². The van der Waals surface area contributed by atoms with Gasteiger partial charge in [0.2, 0.25) is 5.91 Å². The molecule has 1 aromatic carbocycles. The number of ether oxygens (including phenoxy) is 3. The Bertz CT molecular complexity index is 663. The lowest BCUT2D eigenvalue weighted by atomic mass is 10.1. The number of carbonyl (C=O) groups is 3. The highest BCUT2D eigenvalue weighted by Gasteiger charge is 2.14. The summed E-state index contributed by atoms with van der Waals surface area (Å²) in [5.74, 6) is -2.33. The Morgan fingerprint density at radius 2 is 1.96 bits per heavy atom. The second kappa shape index (κ2) is 9.85. The van der Waals surface area contributed by atoms with Crippen molar-refractivity contribution in [2.75, 3.05) is 13.7 Å². The highest BCUT2D eigenvalue weighted by Crippen LogP contribution is 2.33. The molecule has 0 saturated heterocycles. The fraction of sp³-hybridized carbons (Fsp3) is 0.267. The van der Waals surface area contributed by atoms with E-state index in [-0.39, 0.29) is 17.1 Å². The number of rotatable bonds is 7. The summed E-state index contributed by atoms with van der Waals surface area (Å²) in [6.07, 6.45) is 2.10. The number of nitrogens with one attached hydrogen (secondary N) is 2. The zero-order valence-electron chi connectivity index (χ0n) is 13.4. The molecule has 0 aliphatic heterocycles. The summed E-state index contributed by atoms with van der Waals surface area (Å²) >= 11 is 0. The average Bonchev–Trinajstić information content (AvgIpc) is 2.56. The van der Waals surface area contributed by atoms with Gasteiger partial charge in [-0.15, -0.1) is 0 Å². The van der Waals surface area contributed by atoms with Crippen LogP contribution in [0.3, 0.4) is 0 Å². The standard InChI is InChI=1S/C15H16F2N2O6/c1-9(20)18-19-12(21)8-24-13(22)7-6-10-4-3-5-11(23-2)14(10)25-15(16)17/h3-7,15H,8H2,1-2H3,(H,18,20)(H,19,21)/b7-6+. The lowest BCUT2D eigenvalue weighted by Gasteiger charge is -2.12. The van der Waals surface area contributed by atoms with Crippen molar-refractivity contribution in [3.8, 4) is 11.5 Å². The van der Waals surface area contributed by atoms with Crippen molar-refractivity contribution in [1.29, 1.82) is 0 Å². The number of hydrogen-bond donors (Lipinski definition) is 2. The maximum atomic E-state index is 12.5. The third-order valence-corrected chi connectivity index (χ3v) is 2.56. The first-order valence-electron chi connectivity index (χ1n) is 6.85. The maximum Gasteiger partial charge on any atom is 0.387 e. The molecule has 25 heavy (non-hydrogen) atoms. The molecular formula is C15H16F2N2O6. The van der Waals surface area contributed by atoms with Crippen LogP contribution in [0.5, 0.6) is 11.5 Å². The van der Waals surface area contributed by atoms with Gasteiger partial charge in [0, 0.05) is 18.6 Å². The fourth-order valence-corrected chi connectivity index (χ4v) is 1.58. The zero-order chi connectivity index (χ0) is 18.8. The number of amides is 2. The molecule has 0 spiro atoms. The summed E-state index contributed by atoms with van der Waals surface area (Å²) in [6.45, 7) is -2.53. The molecule has 0 unspecified atom stereocenters. The molecular weight excluding hydrogens is 342 g/mol. The van der Waals surface area contributed by atoms with Crippen LogP contribution in [0, 0.1) is 0 Å². The molecule has 2 N–H and O–H groups in total. The number of carbonyl (C=O) groups excluding carboxylic acids is 3. The Morgan fingerprint density at radius 1 is 1.24 bits per heavy atom. The van der Waals surface area contributed by atoms with E-state index in [1.165, 1.54) is 38.3 Å². The van der Waals surface area contributed by atoms with Gasteiger partial charge in [0.1, 0.15) is 0 Å². The lowest BCUT2D eigenvalue weighted by molar-refractivity contribution is -0.144. The number of hydrazine groups is 1. The highest BCUT2D eigenvalue weighted by atomic mass is 19.3. The van der Waals surface area contributed by atoms with Crippen LogP contribution in [0.2, 0.25) is 0 Å². The van der Waals surface area contributed by atoms with E-state index in [0.717, 1.165) is 6.08 Å². The Labute approximate surface area is 141 Å². The quantitative estimate of drug-likeness (QED) is 0.429. The zero-order valence-corrected chi connectivity index (χ0v) is 13.4. The van der Waals surface area contributed by atoms with Gasteiger partial charge in [0.25, 0.3) is 5.91 Å². The first-order valence-corrected chi connectivity index (χ1v) is 6.85. The number of methoxy groups -OCH3 is 1. The van der Waals surface area contributed by atoms with E-state index in [1.807, 2.05) is 10.9 Å². The van der Waals surface area contributed by atoms with Crippen LogP contribution in [0.1, 0.15) is 12.5 Å². The van der Waals surface area contributed by atoms with Crippen LogP contribution in [0.25, 0.3) is 6.08 Å². The molecule has 0 bridgehead atoms. The molecule has 0 aliphatic carbocycles. The van der Waals surface area contributed by atoms with Crippen molar-refractivity contribution in [1.82, 2.24) is 10.9 Å². The van der Waals surface area contributed by atoms with Crippen LogP contribution < -0.4 is 20.3 Å². The molecule has 0 aromatic heterocycles. The van der Waals surface area contributed by atoms with Gasteiger partial charge in [0.05, 0.1) is 7.11 Å². The third kappa shape index (κ3) is 7.29. The van der Waals surface area contributed by atoms with Crippen LogP contribution in [0.4, 0.5) is 8.78 Å². The summed E-state index contributed by atoms with van der Waals surface area (Å²) in [6, 6.07) is 4.36. The van der Waals surface area contributed by atoms with Crippen LogP contribution >= 0.6 is 0 Å². The van der Waals surface area contributed by atoms with E-state index in [1.54, 1.807) is 0 Å². The predicted octanol–water partition coefficient (Wildman–Crippen LogP) is 1.02. The van der Waals surface area contributed by atoms with Crippen LogP contribution in [-0.2, 0) is 19.1 Å². The summed E-state index contributed by atoms with van der Waals surface area (Å²) < 4.78 is 38.9. The molecule has 8 nitrogen and oxygen atoms in total. The second-order valence-corrected chi connectivity index (χ2v) is 4.43. The molecule has 0 saturated carbocycles. The second-order valence-electron chi connectivity index (χ2n) is 4.43. The summed E-state index contributed by atoms with van der Waals surface area (Å²) in [5, 5.41) is 0. The number of para-hydroxylation sites is 1. The van der Waals surface area contributed by atoms with E-state index in [0.29, 0.717) is 0 Å². The van der Waals surface area contributed by atoms with Crippen LogP contribution in [-0.4, -0.2) is 38.1 Å². The Hall–Kier alpha value is -3.17. The van der Waals surface area contributed by atoms with E-state index >= 15 is 0 Å². The summed E-state index contributed by atoms with van der Waals surface area (Å²) in [4.78, 5) is 33.4. The minimum absolute atomic E-state index is 0.0607. The van der Waals surface area contributed by atoms with E-state index in [9.17, 15) is 23.2 Å². The average molecular weight is 358 g/mol. The van der Waals surface area contributed by atoms with Crippen molar-refractivity contribution < 1.29 is 37.4 Å². The molecule has 2 amide bonds. The van der Waals surface area contributed by atoms with Gasteiger partial charge in [-0.25, -0.2) is 4.79 Å². The molecule has 0 heterocycles. The normalized spacial score (nSPS) is 10.4. The smallest absolute Gasteiger partial charge is 0.387 e. The van der Waals surface area contributed by atoms with Gasteiger partial charge in [-0.05, 0) is 12.1 Å². The topological polar surface area (TPSA) is 103 Å². The van der Waals surface area contributed by atoms with Crippen LogP contribution in [0.15, 0.2) is 24.3 Å². The minimum Gasteiger partial charge on any atom is -0.493 e. The van der Waals surface area contributed by atoms with E-state index in [4.69, 9.17) is 4.74 Å². The number of halogens is 2. The van der Waals surface area contributed by atoms with E-state index < -0.39 is 31.0 Å². The summed E-state index contributed by atoms with van der Waals surface area (Å²) in [7, 11) is 1.28. The Kier molecular flexibility index (Phi) is 7.83. The van der Waals surface area contributed by atoms with Crippen molar-refractivity contribution >= 4 is 23.9 Å². The molecule has 0 aliphatic rings. The molecule has 10 heteroatoms. The maximum absolute atomic E-state index is 12.5. The highest BCUT2D eigenvalue weighted by molar-refractivity contribution is 5.90. The number of alkyl halides is 2. The molecule has 136 valence electrons. The largest absolute Gasteiger partial charge is 0.493 e. The monoisotopic (exact) mass is 358 g/mol. The molecule has 0 radical (unpaired) electrons. The molecule has 0 atom stereocenters. The first kappa shape index (κ1) is 19.9. The summed E-state index contributed by atoms with van der Waals surface area (Å²) in [5.41, 5.74) is 4.17. The molecule has 1 rings (SSSR count). The van der Waals surface area contributed by atoms with Gasteiger partial charge in [-0.2, -0.15) is 8.78 Å². The van der Waals surface area contributed by atoms with Gasteiger partial charge in [-0.3, -0.25) is 20.4 Å². The predicted molar refractivity (Wildman–Crippen MR) is 81.6 cm³/mol. The van der Waals surface area contributed by atoms with Gasteiger partial charge in [0.15, 0.2) is 18.1 Å². The van der Waals surface area contributed by atoms with Crippen molar-refractivity contribution in [3.63, 3.8) is 0 Å². The third-order valence-electron chi connectivity index (χ3n) is 2.56. The van der Waals surface area contributed by atoms with Gasteiger partial charge in [-0.1, -0.05) is 12.1 Å². The number of esters is 1. The number of benzene rings is 1. The molecule has 1 aromatic rings. The van der Waals surface area contributed by atoms with Gasteiger partial charge >= 0.3 is 12.6 Å². The van der Waals surface area contributed by atoms with E-state index in [2.05, 4.69) is 9.47 Å². The minimum atomic E-state index is -3.08. The van der Waals surface area contributed by atoms with Crippen molar-refractivity contribution in [2.45, 2.75) is 13.5 Å². The first-order chi connectivity index (χ1) is 11.8. The van der Waals surface area contributed by atoms with Crippen molar-refractivity contribution in [3.05, 3.63) is 29.8 Å².